The van der Waals surface area contributed by atoms with E-state index in [1.165, 1.54) is 0 Å². The minimum Gasteiger partial charge on any atom is -0.466 e. The van der Waals surface area contributed by atoms with Crippen molar-refractivity contribution in [2.24, 2.45) is 0 Å². The van der Waals surface area contributed by atoms with E-state index in [0.29, 0.717) is 38.9 Å². The van der Waals surface area contributed by atoms with E-state index in [4.69, 9.17) is 9.47 Å². The van der Waals surface area contributed by atoms with Gasteiger partial charge in [-0.1, -0.05) is 26.7 Å². The Morgan fingerprint density at radius 2 is 1.04 bits per heavy atom. The Balaban J connectivity index is 3.43. The third kappa shape index (κ3) is 18.2. The lowest BCUT2D eigenvalue weighted by Crippen LogP contribution is -2.09. The number of hydrogen-bond acceptors (Lipinski definition) is 6. The number of rotatable bonds is 19. The number of ether oxygens (including phenoxy) is 2. The Bertz CT molecular complexity index is 349. The van der Waals surface area contributed by atoms with Crippen LogP contribution >= 0.6 is 0 Å². The van der Waals surface area contributed by atoms with E-state index in [-0.39, 0.29) is 24.1 Å². The van der Waals surface area contributed by atoms with Crippen LogP contribution < -0.4 is 0 Å². The summed E-state index contributed by atoms with van der Waals surface area (Å²) in [6.07, 6.45) is 9.77. The molecule has 0 rings (SSSR count). The van der Waals surface area contributed by atoms with Crippen molar-refractivity contribution in [3.63, 3.8) is 0 Å². The molecule has 0 saturated carbocycles. The summed E-state index contributed by atoms with van der Waals surface area (Å²) < 4.78 is 10.3. The molecule has 0 radical (unpaired) electrons. The van der Waals surface area contributed by atoms with Crippen LogP contribution in [0.4, 0.5) is 0 Å². The van der Waals surface area contributed by atoms with Gasteiger partial charge in [0.2, 0.25) is 0 Å². The average Bonchev–Trinajstić information content (AvgIpc) is 2.65. The van der Waals surface area contributed by atoms with E-state index >= 15 is 0 Å². The Hall–Kier alpha value is -1.14. The number of esters is 2. The Morgan fingerprint density at radius 3 is 1.39 bits per heavy atom. The van der Waals surface area contributed by atoms with Crippen LogP contribution in [0.3, 0.4) is 0 Å². The Kier molecular flexibility index (Phi) is 18.4. The summed E-state index contributed by atoms with van der Waals surface area (Å²) in [5.74, 6) is -0.457. The lowest BCUT2D eigenvalue weighted by molar-refractivity contribution is -0.146. The minimum atomic E-state index is -0.242. The third-order valence-electron chi connectivity index (χ3n) is 4.65. The molecule has 6 nitrogen and oxygen atoms in total. The Labute approximate surface area is 171 Å². The van der Waals surface area contributed by atoms with Crippen LogP contribution in [0.15, 0.2) is 0 Å². The maximum atomic E-state index is 11.6. The quantitative estimate of drug-likeness (QED) is 0.247. The highest BCUT2D eigenvalue weighted by Gasteiger charge is 2.07. The summed E-state index contributed by atoms with van der Waals surface area (Å²) in [5, 5.41) is 19.2. The van der Waals surface area contributed by atoms with Gasteiger partial charge in [0.15, 0.2) is 0 Å². The van der Waals surface area contributed by atoms with Crippen molar-refractivity contribution in [2.75, 3.05) is 13.2 Å². The lowest BCUT2D eigenvalue weighted by atomic mass is 10.1. The number of carbonyl (C=O) groups excluding carboxylic acids is 2. The number of unbranched alkanes of at least 4 members (excludes halogenated alkanes) is 3. The van der Waals surface area contributed by atoms with Gasteiger partial charge in [-0.15, -0.1) is 0 Å². The molecule has 0 aromatic rings. The summed E-state index contributed by atoms with van der Waals surface area (Å²) >= 11 is 0. The fourth-order valence-corrected chi connectivity index (χ4v) is 2.97. The summed E-state index contributed by atoms with van der Waals surface area (Å²) in [6.45, 7) is 4.89. The topological polar surface area (TPSA) is 93.1 Å². The zero-order valence-electron chi connectivity index (χ0n) is 18.0. The van der Waals surface area contributed by atoms with Crippen LogP contribution in [0.1, 0.15) is 104 Å². The van der Waals surface area contributed by atoms with Crippen molar-refractivity contribution in [3.8, 4) is 0 Å². The van der Waals surface area contributed by atoms with Gasteiger partial charge in [0.25, 0.3) is 0 Å². The third-order valence-corrected chi connectivity index (χ3v) is 4.65. The zero-order chi connectivity index (χ0) is 21.0. The van der Waals surface area contributed by atoms with Crippen molar-refractivity contribution >= 4 is 11.9 Å². The molecule has 0 bridgehead atoms. The molecule has 0 aliphatic rings. The largest absolute Gasteiger partial charge is 0.466 e. The van der Waals surface area contributed by atoms with E-state index in [2.05, 4.69) is 0 Å². The van der Waals surface area contributed by atoms with Gasteiger partial charge in [0.05, 0.1) is 25.4 Å². The molecule has 0 aromatic carbocycles. The highest BCUT2D eigenvalue weighted by molar-refractivity contribution is 5.70. The van der Waals surface area contributed by atoms with Gasteiger partial charge in [-0.25, -0.2) is 0 Å². The molecule has 166 valence electrons. The molecule has 2 unspecified atom stereocenters. The summed E-state index contributed by atoms with van der Waals surface area (Å²) in [7, 11) is 0. The predicted octanol–water partition coefficient (Wildman–Crippen LogP) is 4.30. The molecule has 0 heterocycles. The van der Waals surface area contributed by atoms with E-state index in [0.717, 1.165) is 64.2 Å². The van der Waals surface area contributed by atoms with E-state index < -0.39 is 0 Å². The second-order valence-corrected chi connectivity index (χ2v) is 7.52. The van der Waals surface area contributed by atoms with Gasteiger partial charge in [-0.05, 0) is 64.2 Å². The highest BCUT2D eigenvalue weighted by Crippen LogP contribution is 2.09. The van der Waals surface area contributed by atoms with Crippen molar-refractivity contribution in [3.05, 3.63) is 0 Å². The molecule has 6 heteroatoms. The molecule has 0 fully saturated rings. The van der Waals surface area contributed by atoms with Crippen molar-refractivity contribution in [2.45, 2.75) is 116 Å². The van der Waals surface area contributed by atoms with Crippen molar-refractivity contribution in [1.82, 2.24) is 0 Å². The van der Waals surface area contributed by atoms with E-state index in [1.807, 2.05) is 13.8 Å². The highest BCUT2D eigenvalue weighted by atomic mass is 16.5. The molecule has 0 aliphatic heterocycles. The van der Waals surface area contributed by atoms with Crippen LogP contribution in [0.5, 0.6) is 0 Å². The fourth-order valence-electron chi connectivity index (χ4n) is 2.97. The first-order valence-corrected chi connectivity index (χ1v) is 11.2. The van der Waals surface area contributed by atoms with Crippen LogP contribution in [0.2, 0.25) is 0 Å². The van der Waals surface area contributed by atoms with Gasteiger partial charge >= 0.3 is 11.9 Å². The second-order valence-electron chi connectivity index (χ2n) is 7.52. The lowest BCUT2D eigenvalue weighted by Gasteiger charge is -2.09. The van der Waals surface area contributed by atoms with Crippen LogP contribution in [-0.2, 0) is 19.1 Å². The molecule has 0 spiro atoms. The van der Waals surface area contributed by atoms with Gasteiger partial charge in [0.1, 0.15) is 0 Å². The first-order valence-electron chi connectivity index (χ1n) is 11.2. The molecule has 0 amide bonds. The summed E-state index contributed by atoms with van der Waals surface area (Å²) in [4.78, 5) is 23.2. The first kappa shape index (κ1) is 26.9. The van der Waals surface area contributed by atoms with Crippen molar-refractivity contribution < 1.29 is 29.3 Å². The molecular weight excluding hydrogens is 360 g/mol. The number of aliphatic hydroxyl groups is 2. The summed E-state index contributed by atoms with van der Waals surface area (Å²) in [5.41, 5.74) is 0. The molecule has 0 saturated heterocycles. The summed E-state index contributed by atoms with van der Waals surface area (Å²) in [6, 6.07) is 0. The average molecular weight is 403 g/mol. The van der Waals surface area contributed by atoms with Gasteiger partial charge in [-0.3, -0.25) is 9.59 Å². The van der Waals surface area contributed by atoms with E-state index in [1.54, 1.807) is 0 Å². The molecule has 2 atom stereocenters. The van der Waals surface area contributed by atoms with Crippen LogP contribution in [0, 0.1) is 0 Å². The maximum absolute atomic E-state index is 11.6. The molecule has 0 aliphatic carbocycles. The second kappa shape index (κ2) is 19.2. The monoisotopic (exact) mass is 402 g/mol. The fraction of sp³-hybridized carbons (Fsp3) is 0.909. The van der Waals surface area contributed by atoms with Crippen LogP contribution in [0.25, 0.3) is 0 Å². The van der Waals surface area contributed by atoms with Gasteiger partial charge in [-0.2, -0.15) is 0 Å². The van der Waals surface area contributed by atoms with Crippen molar-refractivity contribution in [1.29, 1.82) is 0 Å². The minimum absolute atomic E-state index is 0.229. The molecule has 28 heavy (non-hydrogen) atoms. The van der Waals surface area contributed by atoms with Crippen LogP contribution in [-0.4, -0.2) is 47.6 Å². The number of hydrogen-bond donors (Lipinski definition) is 2. The number of aliphatic hydroxyl groups excluding tert-OH is 2. The molecule has 2 N–H and O–H groups in total. The number of carbonyl (C=O) groups is 2. The smallest absolute Gasteiger partial charge is 0.305 e. The zero-order valence-corrected chi connectivity index (χ0v) is 18.0. The SMILES string of the molecule is CCCC(O)CCCCOC(=O)CCCCC(=O)OCCCCC(O)CCC. The Morgan fingerprint density at radius 1 is 0.643 bits per heavy atom. The normalized spacial score (nSPS) is 13.1. The van der Waals surface area contributed by atoms with Gasteiger partial charge < -0.3 is 19.7 Å². The first-order chi connectivity index (χ1) is 13.5. The van der Waals surface area contributed by atoms with E-state index in [9.17, 15) is 19.8 Å². The molecule has 0 aromatic heterocycles. The molecular formula is C22H42O6. The van der Waals surface area contributed by atoms with Gasteiger partial charge in [0, 0.05) is 12.8 Å². The standard InChI is InChI=1S/C22H42O6/c1-3-11-19(23)13-7-9-17-27-21(25)15-5-6-16-22(26)28-18-10-8-14-20(24)12-4-2/h19-20,23-24H,3-18H2,1-2H3. The predicted molar refractivity (Wildman–Crippen MR) is 110 cm³/mol. The maximum Gasteiger partial charge on any atom is 0.305 e.